The van der Waals surface area contributed by atoms with Crippen molar-refractivity contribution in [2.24, 2.45) is 0 Å². The first-order chi connectivity index (χ1) is 9.92. The van der Waals surface area contributed by atoms with Crippen LogP contribution in [0.1, 0.15) is 29.5 Å². The van der Waals surface area contributed by atoms with Crippen molar-refractivity contribution in [2.45, 2.75) is 25.4 Å². The van der Waals surface area contributed by atoms with Gasteiger partial charge in [-0.1, -0.05) is 0 Å². The maximum atomic E-state index is 4.30. The Kier molecular flexibility index (Phi) is 2.97. The molecule has 102 valence electrons. The molecule has 3 aromatic heterocycles. The standard InChI is InChI=1S/C14H15N5S/c1-2-12(18(6-1)9-11-8-15-10-20-11)13-3-4-16-14-17-5-7-19(13)14/h3-5,7-8,10,12H,1-2,6,9H2. The van der Waals surface area contributed by atoms with E-state index < -0.39 is 0 Å². The average molecular weight is 285 g/mol. The molecule has 0 bridgehead atoms. The van der Waals surface area contributed by atoms with Gasteiger partial charge in [-0.2, -0.15) is 0 Å². The second-order valence-corrected chi connectivity index (χ2v) is 6.03. The Morgan fingerprint density at radius 3 is 3.15 bits per heavy atom. The van der Waals surface area contributed by atoms with Crippen molar-refractivity contribution in [1.29, 1.82) is 0 Å². The van der Waals surface area contributed by atoms with E-state index in [9.17, 15) is 0 Å². The molecule has 1 aliphatic heterocycles. The number of nitrogens with zero attached hydrogens (tertiary/aromatic N) is 5. The monoisotopic (exact) mass is 285 g/mol. The van der Waals surface area contributed by atoms with Crippen LogP contribution in [0.5, 0.6) is 0 Å². The zero-order valence-corrected chi connectivity index (χ0v) is 11.8. The summed E-state index contributed by atoms with van der Waals surface area (Å²) in [5, 5.41) is 0. The van der Waals surface area contributed by atoms with E-state index in [-0.39, 0.29) is 0 Å². The van der Waals surface area contributed by atoms with Gasteiger partial charge in [0, 0.05) is 41.9 Å². The van der Waals surface area contributed by atoms with Crippen LogP contribution in [0.2, 0.25) is 0 Å². The maximum Gasteiger partial charge on any atom is 0.233 e. The van der Waals surface area contributed by atoms with Crippen molar-refractivity contribution in [3.63, 3.8) is 0 Å². The van der Waals surface area contributed by atoms with Gasteiger partial charge >= 0.3 is 0 Å². The fourth-order valence-corrected chi connectivity index (χ4v) is 3.61. The zero-order chi connectivity index (χ0) is 13.4. The van der Waals surface area contributed by atoms with Crippen LogP contribution in [0.15, 0.2) is 36.4 Å². The van der Waals surface area contributed by atoms with E-state index in [0.29, 0.717) is 6.04 Å². The second-order valence-electron chi connectivity index (χ2n) is 5.06. The van der Waals surface area contributed by atoms with Crippen molar-refractivity contribution in [3.05, 3.63) is 46.9 Å². The van der Waals surface area contributed by atoms with Gasteiger partial charge in [-0.05, 0) is 25.5 Å². The number of hydrogen-bond donors (Lipinski definition) is 0. The highest BCUT2D eigenvalue weighted by atomic mass is 32.1. The average Bonchev–Trinajstić information content (AvgIpc) is 3.19. The molecule has 0 radical (unpaired) electrons. The van der Waals surface area contributed by atoms with Crippen LogP contribution in [0.25, 0.3) is 5.78 Å². The molecule has 1 aliphatic rings. The Hall–Kier alpha value is -1.79. The van der Waals surface area contributed by atoms with Crippen molar-refractivity contribution in [3.8, 4) is 0 Å². The third-order valence-corrected chi connectivity index (χ3v) is 4.65. The SMILES string of the molecule is c1cc(C2CCCN2Cc2cncs2)n2ccnc2n1. The van der Waals surface area contributed by atoms with Gasteiger partial charge in [-0.25, -0.2) is 9.97 Å². The van der Waals surface area contributed by atoms with Gasteiger partial charge in [0.1, 0.15) is 0 Å². The van der Waals surface area contributed by atoms with Gasteiger partial charge < -0.3 is 0 Å². The van der Waals surface area contributed by atoms with Crippen LogP contribution >= 0.6 is 11.3 Å². The van der Waals surface area contributed by atoms with E-state index in [1.807, 2.05) is 30.3 Å². The molecule has 5 nitrogen and oxygen atoms in total. The van der Waals surface area contributed by atoms with Crippen LogP contribution < -0.4 is 0 Å². The van der Waals surface area contributed by atoms with Crippen LogP contribution in [-0.2, 0) is 6.54 Å². The lowest BCUT2D eigenvalue weighted by Crippen LogP contribution is -2.23. The molecule has 0 saturated carbocycles. The molecule has 6 heteroatoms. The molecule has 1 atom stereocenters. The molecule has 4 heterocycles. The molecule has 0 aromatic carbocycles. The number of rotatable bonds is 3. The highest BCUT2D eigenvalue weighted by Gasteiger charge is 2.28. The van der Waals surface area contributed by atoms with Crippen molar-refractivity contribution in [1.82, 2.24) is 24.3 Å². The summed E-state index contributed by atoms with van der Waals surface area (Å²) < 4.78 is 2.11. The summed E-state index contributed by atoms with van der Waals surface area (Å²) in [6.45, 7) is 2.12. The van der Waals surface area contributed by atoms with E-state index >= 15 is 0 Å². The third-order valence-electron chi connectivity index (χ3n) is 3.88. The molecule has 0 aliphatic carbocycles. The first-order valence-electron chi connectivity index (χ1n) is 6.81. The lowest BCUT2D eigenvalue weighted by atomic mass is 10.1. The molecule has 1 fully saturated rings. The van der Waals surface area contributed by atoms with E-state index in [1.54, 1.807) is 11.3 Å². The molecule has 0 spiro atoms. The summed E-state index contributed by atoms with van der Waals surface area (Å²) in [5.41, 5.74) is 3.19. The van der Waals surface area contributed by atoms with Gasteiger partial charge in [0.05, 0.1) is 11.6 Å². The van der Waals surface area contributed by atoms with Crippen LogP contribution in [0.4, 0.5) is 0 Å². The normalized spacial score (nSPS) is 19.9. The molecule has 0 N–H and O–H groups in total. The Labute approximate surface area is 120 Å². The fourth-order valence-electron chi connectivity index (χ4n) is 3.00. The zero-order valence-electron chi connectivity index (χ0n) is 11.0. The second kappa shape index (κ2) is 4.96. The molecule has 1 saturated heterocycles. The number of imidazole rings is 1. The van der Waals surface area contributed by atoms with E-state index in [4.69, 9.17) is 0 Å². The molecule has 1 unspecified atom stereocenters. The summed E-state index contributed by atoms with van der Waals surface area (Å²) in [7, 11) is 0. The molecule has 4 rings (SSSR count). The van der Waals surface area contributed by atoms with Crippen LogP contribution in [0, 0.1) is 0 Å². The maximum absolute atomic E-state index is 4.30. The van der Waals surface area contributed by atoms with E-state index in [1.165, 1.54) is 23.4 Å². The van der Waals surface area contributed by atoms with Gasteiger partial charge in [0.25, 0.3) is 0 Å². The molecule has 20 heavy (non-hydrogen) atoms. The molecular formula is C14H15N5S. The summed E-state index contributed by atoms with van der Waals surface area (Å²) in [6, 6.07) is 2.56. The van der Waals surface area contributed by atoms with Gasteiger partial charge in [0.2, 0.25) is 5.78 Å². The smallest absolute Gasteiger partial charge is 0.233 e. The third kappa shape index (κ3) is 2.01. The first-order valence-corrected chi connectivity index (χ1v) is 7.69. The van der Waals surface area contributed by atoms with Crippen molar-refractivity contribution in [2.75, 3.05) is 6.54 Å². The van der Waals surface area contributed by atoms with Crippen LogP contribution in [0.3, 0.4) is 0 Å². The van der Waals surface area contributed by atoms with Crippen molar-refractivity contribution < 1.29 is 0 Å². The van der Waals surface area contributed by atoms with Crippen LogP contribution in [-0.4, -0.2) is 30.8 Å². The number of aromatic nitrogens is 4. The van der Waals surface area contributed by atoms with Gasteiger partial charge in [-0.15, -0.1) is 11.3 Å². The quantitative estimate of drug-likeness (QED) is 0.742. The minimum absolute atomic E-state index is 0.441. The Balaban J connectivity index is 1.68. The lowest BCUT2D eigenvalue weighted by Gasteiger charge is -2.24. The topological polar surface area (TPSA) is 46.3 Å². The largest absolute Gasteiger partial charge is 0.290 e. The summed E-state index contributed by atoms with van der Waals surface area (Å²) in [5.74, 6) is 0.784. The molecular weight excluding hydrogens is 270 g/mol. The Bertz CT molecular complexity index is 705. The van der Waals surface area contributed by atoms with Crippen molar-refractivity contribution >= 4 is 17.1 Å². The summed E-state index contributed by atoms with van der Waals surface area (Å²) >= 11 is 1.73. The fraction of sp³-hybridized carbons (Fsp3) is 0.357. The highest BCUT2D eigenvalue weighted by molar-refractivity contribution is 7.09. The lowest BCUT2D eigenvalue weighted by molar-refractivity contribution is 0.245. The minimum Gasteiger partial charge on any atom is -0.290 e. The Morgan fingerprint density at radius 2 is 2.25 bits per heavy atom. The predicted octanol–water partition coefficient (Wildman–Crippen LogP) is 2.52. The number of hydrogen-bond acceptors (Lipinski definition) is 5. The summed E-state index contributed by atoms with van der Waals surface area (Å²) in [6.07, 6.45) is 10.1. The molecule has 0 amide bonds. The number of fused-ring (bicyclic) bond motifs is 1. The highest BCUT2D eigenvalue weighted by Crippen LogP contribution is 2.33. The van der Waals surface area contributed by atoms with Gasteiger partial charge in [0.15, 0.2) is 0 Å². The van der Waals surface area contributed by atoms with E-state index in [2.05, 4.69) is 30.3 Å². The van der Waals surface area contributed by atoms with Gasteiger partial charge in [-0.3, -0.25) is 14.3 Å². The first kappa shape index (κ1) is 12.0. The predicted molar refractivity (Wildman–Crippen MR) is 77.5 cm³/mol. The summed E-state index contributed by atoms with van der Waals surface area (Å²) in [4.78, 5) is 16.6. The Morgan fingerprint density at radius 1 is 1.30 bits per heavy atom. The molecule has 3 aromatic rings. The van der Waals surface area contributed by atoms with E-state index in [0.717, 1.165) is 18.9 Å². The number of likely N-dealkylation sites (tertiary alicyclic amines) is 1. The minimum atomic E-state index is 0.441. The number of thiazole rings is 1.